The van der Waals surface area contributed by atoms with Gasteiger partial charge in [0.25, 0.3) is 0 Å². The average Bonchev–Trinajstić information content (AvgIpc) is 2.45. The van der Waals surface area contributed by atoms with Gasteiger partial charge in [-0.25, -0.2) is 0 Å². The Balaban J connectivity index is 2.02. The Hall–Kier alpha value is -0.120. The number of ether oxygens (including phenoxy) is 1. The zero-order valence-electron chi connectivity index (χ0n) is 8.62. The van der Waals surface area contributed by atoms with Crippen LogP contribution in [-0.4, -0.2) is 42.3 Å². The monoisotopic (exact) mass is 184 g/mol. The van der Waals surface area contributed by atoms with Crippen LogP contribution in [-0.2, 0) is 4.74 Å². The van der Waals surface area contributed by atoms with E-state index in [0.29, 0.717) is 12.2 Å². The number of hydrogen-bond acceptors (Lipinski definition) is 3. The van der Waals surface area contributed by atoms with Gasteiger partial charge >= 0.3 is 0 Å². The number of morpholine rings is 1. The first-order chi connectivity index (χ1) is 6.12. The Morgan fingerprint density at radius 2 is 1.85 bits per heavy atom. The van der Waals surface area contributed by atoms with E-state index in [1.165, 1.54) is 12.8 Å². The van der Waals surface area contributed by atoms with Crippen molar-refractivity contribution in [2.45, 2.75) is 44.4 Å². The molecule has 2 fully saturated rings. The number of rotatable bonds is 2. The predicted molar refractivity (Wildman–Crippen MR) is 52.6 cm³/mol. The fraction of sp³-hybridized carbons (Fsp3) is 1.00. The second kappa shape index (κ2) is 3.23. The molecule has 2 bridgehead atoms. The van der Waals surface area contributed by atoms with E-state index in [2.05, 4.69) is 18.7 Å². The molecule has 0 spiro atoms. The molecule has 0 amide bonds. The van der Waals surface area contributed by atoms with Gasteiger partial charge in [-0.2, -0.15) is 0 Å². The average molecular weight is 184 g/mol. The van der Waals surface area contributed by atoms with Crippen LogP contribution < -0.4 is 5.73 Å². The molecule has 3 nitrogen and oxygen atoms in total. The van der Waals surface area contributed by atoms with E-state index in [0.717, 1.165) is 19.6 Å². The molecule has 3 heteroatoms. The van der Waals surface area contributed by atoms with Crippen LogP contribution in [0.1, 0.15) is 26.7 Å². The largest absolute Gasteiger partial charge is 0.372 e. The lowest BCUT2D eigenvalue weighted by atomic mass is 10.0. The van der Waals surface area contributed by atoms with Gasteiger partial charge < -0.3 is 10.5 Å². The maximum absolute atomic E-state index is 5.78. The summed E-state index contributed by atoms with van der Waals surface area (Å²) in [4.78, 5) is 2.48. The summed E-state index contributed by atoms with van der Waals surface area (Å²) in [7, 11) is 0. The van der Waals surface area contributed by atoms with E-state index in [1.807, 2.05) is 0 Å². The maximum atomic E-state index is 5.78. The molecule has 76 valence electrons. The van der Waals surface area contributed by atoms with E-state index in [-0.39, 0.29) is 5.54 Å². The van der Waals surface area contributed by atoms with Crippen LogP contribution >= 0.6 is 0 Å². The zero-order valence-corrected chi connectivity index (χ0v) is 8.62. The van der Waals surface area contributed by atoms with Crippen LogP contribution in [0.15, 0.2) is 0 Å². The third-order valence-electron chi connectivity index (χ3n) is 3.40. The second-order valence-electron chi connectivity index (χ2n) is 4.88. The third kappa shape index (κ3) is 1.73. The van der Waals surface area contributed by atoms with E-state index in [9.17, 15) is 0 Å². The smallest absolute Gasteiger partial charge is 0.0707 e. The molecule has 0 radical (unpaired) electrons. The van der Waals surface area contributed by atoms with E-state index >= 15 is 0 Å². The summed E-state index contributed by atoms with van der Waals surface area (Å²) < 4.78 is 5.78. The fourth-order valence-corrected chi connectivity index (χ4v) is 2.24. The third-order valence-corrected chi connectivity index (χ3v) is 3.40. The predicted octanol–water partition coefficient (Wildman–Crippen LogP) is 0.587. The van der Waals surface area contributed by atoms with Gasteiger partial charge in [-0.15, -0.1) is 0 Å². The van der Waals surface area contributed by atoms with E-state index in [1.54, 1.807) is 0 Å². The van der Waals surface area contributed by atoms with Gasteiger partial charge in [0.15, 0.2) is 0 Å². The summed E-state index contributed by atoms with van der Waals surface area (Å²) in [5.41, 5.74) is 5.91. The van der Waals surface area contributed by atoms with Gasteiger partial charge in [0.1, 0.15) is 0 Å². The van der Waals surface area contributed by atoms with Crippen molar-refractivity contribution in [3.8, 4) is 0 Å². The van der Waals surface area contributed by atoms with Crippen molar-refractivity contribution < 1.29 is 4.74 Å². The van der Waals surface area contributed by atoms with E-state index < -0.39 is 0 Å². The molecule has 0 saturated carbocycles. The topological polar surface area (TPSA) is 38.5 Å². The van der Waals surface area contributed by atoms with Crippen LogP contribution in [0, 0.1) is 0 Å². The molecule has 2 saturated heterocycles. The summed E-state index contributed by atoms with van der Waals surface area (Å²) in [6, 6.07) is 0. The van der Waals surface area contributed by atoms with E-state index in [4.69, 9.17) is 10.5 Å². The lowest BCUT2D eigenvalue weighted by Crippen LogP contribution is -2.56. The minimum absolute atomic E-state index is 0.143. The first-order valence-electron chi connectivity index (χ1n) is 5.22. The Labute approximate surface area is 80.2 Å². The number of nitrogens with two attached hydrogens (primary N) is 1. The molecule has 2 aliphatic rings. The molecular formula is C10H20N2O. The molecule has 0 aromatic heterocycles. The van der Waals surface area contributed by atoms with Gasteiger partial charge in [0, 0.05) is 25.2 Å². The SMILES string of the molecule is CC(C)(CN)N1CC2CCC(C1)O2. The summed E-state index contributed by atoms with van der Waals surface area (Å²) in [6.07, 6.45) is 3.43. The lowest BCUT2D eigenvalue weighted by Gasteiger charge is -2.42. The maximum Gasteiger partial charge on any atom is 0.0707 e. The summed E-state index contributed by atoms with van der Waals surface area (Å²) in [5, 5.41) is 0. The summed E-state index contributed by atoms with van der Waals surface area (Å²) >= 11 is 0. The quantitative estimate of drug-likeness (QED) is 0.682. The molecule has 2 atom stereocenters. The Kier molecular flexibility index (Phi) is 2.34. The van der Waals surface area contributed by atoms with Gasteiger partial charge in [-0.1, -0.05) is 0 Å². The summed E-state index contributed by atoms with van der Waals surface area (Å²) in [6.45, 7) is 7.31. The zero-order chi connectivity index (χ0) is 9.47. The number of fused-ring (bicyclic) bond motifs is 2. The molecule has 2 aliphatic heterocycles. The van der Waals surface area contributed by atoms with Crippen LogP contribution in [0.4, 0.5) is 0 Å². The minimum atomic E-state index is 0.143. The second-order valence-corrected chi connectivity index (χ2v) is 4.88. The normalized spacial score (nSPS) is 35.3. The standard InChI is InChI=1S/C10H20N2O/c1-10(2,7-11)12-5-8-3-4-9(6-12)13-8/h8-9H,3-7,11H2,1-2H3. The van der Waals surface area contributed by atoms with Gasteiger partial charge in [-0.05, 0) is 26.7 Å². The molecule has 0 aromatic rings. The van der Waals surface area contributed by atoms with Gasteiger partial charge in [0.05, 0.1) is 12.2 Å². The van der Waals surface area contributed by atoms with Crippen molar-refractivity contribution in [2.24, 2.45) is 5.73 Å². The van der Waals surface area contributed by atoms with Gasteiger partial charge in [-0.3, -0.25) is 4.90 Å². The summed E-state index contributed by atoms with van der Waals surface area (Å²) in [5.74, 6) is 0. The molecule has 0 aromatic carbocycles. The lowest BCUT2D eigenvalue weighted by molar-refractivity contribution is -0.0686. The Bertz CT molecular complexity index is 181. The highest BCUT2D eigenvalue weighted by molar-refractivity contribution is 4.92. The highest BCUT2D eigenvalue weighted by Gasteiger charge is 2.38. The molecule has 2 rings (SSSR count). The Morgan fingerprint density at radius 1 is 1.31 bits per heavy atom. The van der Waals surface area contributed by atoms with Crippen LogP contribution in [0.5, 0.6) is 0 Å². The molecule has 2 heterocycles. The molecule has 0 aliphatic carbocycles. The van der Waals surface area contributed by atoms with Crippen LogP contribution in [0.2, 0.25) is 0 Å². The van der Waals surface area contributed by atoms with Crippen molar-refractivity contribution >= 4 is 0 Å². The first-order valence-corrected chi connectivity index (χ1v) is 5.22. The van der Waals surface area contributed by atoms with Crippen LogP contribution in [0.3, 0.4) is 0 Å². The minimum Gasteiger partial charge on any atom is -0.372 e. The fourth-order valence-electron chi connectivity index (χ4n) is 2.24. The van der Waals surface area contributed by atoms with Crippen molar-refractivity contribution in [1.82, 2.24) is 4.90 Å². The number of likely N-dealkylation sites (tertiary alicyclic amines) is 1. The number of hydrogen-bond donors (Lipinski definition) is 1. The van der Waals surface area contributed by atoms with Crippen molar-refractivity contribution in [3.63, 3.8) is 0 Å². The molecular weight excluding hydrogens is 164 g/mol. The Morgan fingerprint density at radius 3 is 2.31 bits per heavy atom. The van der Waals surface area contributed by atoms with Crippen LogP contribution in [0.25, 0.3) is 0 Å². The van der Waals surface area contributed by atoms with Crippen molar-refractivity contribution in [1.29, 1.82) is 0 Å². The molecule has 2 unspecified atom stereocenters. The first kappa shape index (κ1) is 9.44. The van der Waals surface area contributed by atoms with Gasteiger partial charge in [0.2, 0.25) is 0 Å². The highest BCUT2D eigenvalue weighted by Crippen LogP contribution is 2.29. The highest BCUT2D eigenvalue weighted by atomic mass is 16.5. The number of nitrogens with zero attached hydrogens (tertiary/aromatic N) is 1. The molecule has 2 N–H and O–H groups in total. The van der Waals surface area contributed by atoms with Crippen molar-refractivity contribution in [2.75, 3.05) is 19.6 Å². The molecule has 13 heavy (non-hydrogen) atoms. The van der Waals surface area contributed by atoms with Crippen molar-refractivity contribution in [3.05, 3.63) is 0 Å².